The number of para-hydroxylation sites is 1. The molecule has 0 spiro atoms. The van der Waals surface area contributed by atoms with Crippen molar-refractivity contribution < 1.29 is 19.5 Å². The minimum absolute atomic E-state index is 0.0600. The van der Waals surface area contributed by atoms with E-state index in [1.165, 1.54) is 16.7 Å². The summed E-state index contributed by atoms with van der Waals surface area (Å²) < 4.78 is 0. The number of carbonyl (C=O) groups is 3. The molecule has 1 aliphatic rings. The van der Waals surface area contributed by atoms with Crippen LogP contribution in [0.1, 0.15) is 16.8 Å². The molecule has 8 heteroatoms. The van der Waals surface area contributed by atoms with Crippen molar-refractivity contribution in [2.24, 2.45) is 0 Å². The number of thioether (sulfide) groups is 1. The van der Waals surface area contributed by atoms with Gasteiger partial charge >= 0.3 is 5.97 Å². The lowest BCUT2D eigenvalue weighted by Gasteiger charge is -2.22. The molecule has 1 atom stereocenters. The number of carboxylic acid groups (broad SMARTS) is 1. The minimum Gasteiger partial charge on any atom is -0.481 e. The third-order valence-electron chi connectivity index (χ3n) is 3.90. The largest absolute Gasteiger partial charge is 0.481 e. The molecule has 2 aromatic rings. The number of hydrogen-bond acceptors (Lipinski definition) is 4. The first kappa shape index (κ1) is 16.4. The van der Waals surface area contributed by atoms with E-state index >= 15 is 0 Å². The second-order valence-corrected chi connectivity index (χ2v) is 6.47. The lowest BCUT2D eigenvalue weighted by atomic mass is 10.1. The number of aromatic nitrogens is 1. The second kappa shape index (κ2) is 6.96. The first-order chi connectivity index (χ1) is 11.6. The van der Waals surface area contributed by atoms with Crippen LogP contribution in [0.25, 0.3) is 10.9 Å². The number of nitrogens with one attached hydrogen (secondary N) is 2. The van der Waals surface area contributed by atoms with E-state index in [1.54, 1.807) is 6.20 Å². The van der Waals surface area contributed by atoms with Gasteiger partial charge in [0.25, 0.3) is 5.91 Å². The summed E-state index contributed by atoms with van der Waals surface area (Å²) >= 11 is 1.51. The van der Waals surface area contributed by atoms with Crippen LogP contribution in [0, 0.1) is 0 Å². The number of aliphatic carboxylic acids is 1. The number of benzene rings is 1. The normalized spacial score (nSPS) is 17.2. The molecule has 0 radical (unpaired) electrons. The average Bonchev–Trinajstić information content (AvgIpc) is 3.21. The number of carboxylic acids is 1. The van der Waals surface area contributed by atoms with Crippen molar-refractivity contribution in [1.29, 1.82) is 0 Å². The van der Waals surface area contributed by atoms with Gasteiger partial charge in [-0.05, 0) is 6.07 Å². The van der Waals surface area contributed by atoms with Crippen molar-refractivity contribution in [2.45, 2.75) is 12.5 Å². The third kappa shape index (κ3) is 3.23. The monoisotopic (exact) mass is 347 g/mol. The van der Waals surface area contributed by atoms with Crippen LogP contribution in [0.5, 0.6) is 0 Å². The van der Waals surface area contributed by atoms with Gasteiger partial charge in [-0.2, -0.15) is 0 Å². The van der Waals surface area contributed by atoms with Gasteiger partial charge in [-0.25, -0.2) is 0 Å². The van der Waals surface area contributed by atoms with Gasteiger partial charge in [0, 0.05) is 29.4 Å². The zero-order valence-corrected chi connectivity index (χ0v) is 13.6. The summed E-state index contributed by atoms with van der Waals surface area (Å²) in [5.41, 5.74) is 1.41. The number of H-pyrrole nitrogens is 1. The topological polar surface area (TPSA) is 102 Å². The fourth-order valence-electron chi connectivity index (χ4n) is 2.67. The Kier molecular flexibility index (Phi) is 4.75. The molecule has 3 N–H and O–H groups in total. The van der Waals surface area contributed by atoms with Crippen molar-refractivity contribution >= 4 is 40.4 Å². The van der Waals surface area contributed by atoms with Crippen LogP contribution >= 0.6 is 11.8 Å². The van der Waals surface area contributed by atoms with Crippen LogP contribution in [0.4, 0.5) is 0 Å². The summed E-state index contributed by atoms with van der Waals surface area (Å²) in [7, 11) is 0. The molecule has 1 aliphatic heterocycles. The lowest BCUT2D eigenvalue weighted by molar-refractivity contribution is -0.137. The van der Waals surface area contributed by atoms with E-state index in [9.17, 15) is 14.4 Å². The van der Waals surface area contributed by atoms with Crippen LogP contribution in [0.15, 0.2) is 30.5 Å². The van der Waals surface area contributed by atoms with E-state index in [1.807, 2.05) is 24.3 Å². The van der Waals surface area contributed by atoms with Gasteiger partial charge < -0.3 is 20.3 Å². The highest BCUT2D eigenvalue weighted by Crippen LogP contribution is 2.26. The van der Waals surface area contributed by atoms with E-state index < -0.39 is 12.0 Å². The third-order valence-corrected chi connectivity index (χ3v) is 4.92. The Balaban J connectivity index is 1.74. The first-order valence-corrected chi connectivity index (χ1v) is 8.67. The van der Waals surface area contributed by atoms with Gasteiger partial charge in [0.2, 0.25) is 5.91 Å². The summed E-state index contributed by atoms with van der Waals surface area (Å²) in [6.45, 7) is 0.0600. The molecule has 3 rings (SSSR count). The van der Waals surface area contributed by atoms with Gasteiger partial charge in [-0.1, -0.05) is 18.2 Å². The van der Waals surface area contributed by atoms with Gasteiger partial charge in [-0.15, -0.1) is 11.8 Å². The summed E-state index contributed by atoms with van der Waals surface area (Å²) in [6, 6.07) is 6.93. The van der Waals surface area contributed by atoms with Gasteiger partial charge in [0.1, 0.15) is 6.04 Å². The molecule has 2 heterocycles. The quantitative estimate of drug-likeness (QED) is 0.756. The number of rotatable bonds is 5. The van der Waals surface area contributed by atoms with Crippen molar-refractivity contribution in [1.82, 2.24) is 15.2 Å². The van der Waals surface area contributed by atoms with Gasteiger partial charge in [0.05, 0.1) is 17.9 Å². The van der Waals surface area contributed by atoms with Crippen molar-refractivity contribution in [3.05, 3.63) is 36.0 Å². The van der Waals surface area contributed by atoms with Gasteiger partial charge in [-0.3, -0.25) is 14.4 Å². The molecule has 24 heavy (non-hydrogen) atoms. The molecule has 1 unspecified atom stereocenters. The predicted molar refractivity (Wildman–Crippen MR) is 90.8 cm³/mol. The highest BCUT2D eigenvalue weighted by molar-refractivity contribution is 7.99. The maximum Gasteiger partial charge on any atom is 0.305 e. The van der Waals surface area contributed by atoms with E-state index in [0.29, 0.717) is 17.2 Å². The Morgan fingerprint density at radius 2 is 2.12 bits per heavy atom. The Morgan fingerprint density at radius 3 is 2.92 bits per heavy atom. The highest BCUT2D eigenvalue weighted by atomic mass is 32.2. The van der Waals surface area contributed by atoms with Crippen LogP contribution in [-0.4, -0.2) is 57.0 Å². The fourth-order valence-corrected chi connectivity index (χ4v) is 3.83. The maximum atomic E-state index is 12.8. The van der Waals surface area contributed by atoms with Crippen LogP contribution in [-0.2, 0) is 9.59 Å². The number of fused-ring (bicyclic) bond motifs is 1. The van der Waals surface area contributed by atoms with E-state index in [0.717, 1.165) is 10.9 Å². The summed E-state index contributed by atoms with van der Waals surface area (Å²) in [5.74, 6) is -0.532. The maximum absolute atomic E-state index is 12.8. The molecule has 7 nitrogen and oxygen atoms in total. The fraction of sp³-hybridized carbons (Fsp3) is 0.312. The lowest BCUT2D eigenvalue weighted by Crippen LogP contribution is -2.47. The zero-order chi connectivity index (χ0) is 17.1. The Hall–Kier alpha value is -2.48. The number of hydrogen-bond donors (Lipinski definition) is 3. The minimum atomic E-state index is -0.970. The van der Waals surface area contributed by atoms with E-state index in [-0.39, 0.29) is 24.8 Å². The predicted octanol–water partition coefficient (Wildman–Crippen LogP) is 1.27. The summed E-state index contributed by atoms with van der Waals surface area (Å²) in [4.78, 5) is 40.2. The number of carbonyl (C=O) groups excluding carboxylic acids is 2. The SMILES string of the molecule is O=C(O)CCNC(=O)C1CSCN1C(=O)c1c[nH]c2ccccc12. The molecular weight excluding hydrogens is 330 g/mol. The number of nitrogens with zero attached hydrogens (tertiary/aromatic N) is 1. The van der Waals surface area contributed by atoms with Crippen molar-refractivity contribution in [3.63, 3.8) is 0 Å². The van der Waals surface area contributed by atoms with E-state index in [4.69, 9.17) is 5.11 Å². The van der Waals surface area contributed by atoms with Crippen molar-refractivity contribution in [2.75, 3.05) is 18.2 Å². The van der Waals surface area contributed by atoms with Crippen LogP contribution in [0.3, 0.4) is 0 Å². The standard InChI is InChI=1S/C16H17N3O4S/c20-14(21)5-6-17-15(22)13-8-24-9-19(13)16(23)11-7-18-12-4-2-1-3-10(11)12/h1-4,7,13,18H,5-6,8-9H2,(H,17,22)(H,20,21). The number of amides is 2. The molecule has 1 aromatic heterocycles. The zero-order valence-electron chi connectivity index (χ0n) is 12.8. The Morgan fingerprint density at radius 1 is 1.33 bits per heavy atom. The first-order valence-electron chi connectivity index (χ1n) is 7.52. The Labute approximate surface area is 142 Å². The average molecular weight is 347 g/mol. The molecule has 1 aromatic carbocycles. The molecule has 0 aliphatic carbocycles. The van der Waals surface area contributed by atoms with Crippen LogP contribution in [0.2, 0.25) is 0 Å². The van der Waals surface area contributed by atoms with Crippen molar-refractivity contribution in [3.8, 4) is 0 Å². The smallest absolute Gasteiger partial charge is 0.305 e. The number of aromatic amines is 1. The van der Waals surface area contributed by atoms with Crippen LogP contribution < -0.4 is 5.32 Å². The molecule has 0 saturated carbocycles. The molecule has 1 saturated heterocycles. The van der Waals surface area contributed by atoms with E-state index in [2.05, 4.69) is 10.3 Å². The molecule has 2 amide bonds. The molecular formula is C16H17N3O4S. The molecule has 1 fully saturated rings. The Bertz CT molecular complexity index is 788. The summed E-state index contributed by atoms with van der Waals surface area (Å²) in [5, 5.41) is 12.0. The molecule has 0 bridgehead atoms. The second-order valence-electron chi connectivity index (χ2n) is 5.47. The molecule has 126 valence electrons. The van der Waals surface area contributed by atoms with Gasteiger partial charge in [0.15, 0.2) is 0 Å². The highest BCUT2D eigenvalue weighted by Gasteiger charge is 2.35. The summed E-state index contributed by atoms with van der Waals surface area (Å²) in [6.07, 6.45) is 1.53.